The fraction of sp³-hybridized carbons (Fsp3) is 0.538. The molecule has 0 spiro atoms. The molecule has 2 saturated heterocycles. The molecule has 2 aliphatic heterocycles. The zero-order valence-electron chi connectivity index (χ0n) is 10.8. The Bertz CT molecular complexity index is 505. The van der Waals surface area contributed by atoms with Crippen LogP contribution in [0, 0.1) is 6.92 Å². The molecule has 2 bridgehead atoms. The maximum absolute atomic E-state index is 12.3. The molecule has 0 saturated carbocycles. The van der Waals surface area contributed by atoms with Gasteiger partial charge in [0.1, 0.15) is 0 Å². The van der Waals surface area contributed by atoms with Crippen LogP contribution in [0.25, 0.3) is 0 Å². The second-order valence-corrected chi connectivity index (χ2v) is 5.21. The predicted molar refractivity (Wildman–Crippen MR) is 70.6 cm³/mol. The number of hydrogen-bond donors (Lipinski definition) is 3. The van der Waals surface area contributed by atoms with E-state index in [1.807, 2.05) is 6.92 Å². The van der Waals surface area contributed by atoms with Gasteiger partial charge in [0.2, 0.25) is 0 Å². The van der Waals surface area contributed by atoms with Crippen LogP contribution in [-0.2, 0) is 4.74 Å². The zero-order valence-corrected chi connectivity index (χ0v) is 10.8. The highest BCUT2D eigenvalue weighted by atomic mass is 16.5. The van der Waals surface area contributed by atoms with E-state index in [-0.39, 0.29) is 18.1 Å². The Morgan fingerprint density at radius 2 is 2.37 bits per heavy atom. The molecule has 1 amide bonds. The number of nitrogens with two attached hydrogens (primary N) is 1. The number of ether oxygens (including phenoxy) is 1. The molecule has 2 fully saturated rings. The molecule has 6 heteroatoms. The first-order valence-electron chi connectivity index (χ1n) is 6.57. The molecule has 6 nitrogen and oxygen atoms in total. The number of carbonyl (C=O) groups excluding carboxylic acids is 1. The van der Waals surface area contributed by atoms with Crippen molar-refractivity contribution in [3.63, 3.8) is 0 Å². The molecule has 0 aromatic carbocycles. The molecule has 0 aliphatic carbocycles. The molecule has 3 unspecified atom stereocenters. The summed E-state index contributed by atoms with van der Waals surface area (Å²) in [7, 11) is 0. The van der Waals surface area contributed by atoms with Gasteiger partial charge in [0.25, 0.3) is 5.91 Å². The highest BCUT2D eigenvalue weighted by Crippen LogP contribution is 2.34. The second kappa shape index (κ2) is 4.79. The average molecular weight is 262 g/mol. The molecule has 102 valence electrons. The third kappa shape index (κ3) is 2.29. The van der Waals surface area contributed by atoms with E-state index in [9.17, 15) is 4.79 Å². The van der Waals surface area contributed by atoms with Crippen molar-refractivity contribution >= 4 is 11.6 Å². The fourth-order valence-corrected chi connectivity index (χ4v) is 2.90. The first-order valence-corrected chi connectivity index (χ1v) is 6.57. The summed E-state index contributed by atoms with van der Waals surface area (Å²) in [5, 5.41) is 3.02. The van der Waals surface area contributed by atoms with Crippen molar-refractivity contribution in [2.24, 2.45) is 5.84 Å². The number of pyridine rings is 1. The number of aromatic nitrogens is 1. The highest BCUT2D eigenvalue weighted by Gasteiger charge is 2.41. The number of amides is 1. The molecule has 1 aromatic heterocycles. The van der Waals surface area contributed by atoms with Gasteiger partial charge in [0.05, 0.1) is 29.5 Å². The van der Waals surface area contributed by atoms with E-state index in [0.717, 1.165) is 25.0 Å². The maximum Gasteiger partial charge on any atom is 0.255 e. The zero-order chi connectivity index (χ0) is 13.4. The third-order valence-electron chi connectivity index (χ3n) is 3.86. The summed E-state index contributed by atoms with van der Waals surface area (Å²) >= 11 is 0. The molecule has 3 heterocycles. The molecule has 3 rings (SSSR count). The number of anilines is 1. The van der Waals surface area contributed by atoms with Crippen molar-refractivity contribution in [3.8, 4) is 0 Å². The second-order valence-electron chi connectivity index (χ2n) is 5.21. The average Bonchev–Trinajstić information content (AvgIpc) is 3.00. The summed E-state index contributed by atoms with van der Waals surface area (Å²) in [6, 6.07) is 1.87. The number of aryl methyl sites for hydroxylation is 1. The van der Waals surface area contributed by atoms with Crippen molar-refractivity contribution in [3.05, 3.63) is 23.5 Å². The molecular formula is C13H18N4O2. The molecule has 4 N–H and O–H groups in total. The summed E-state index contributed by atoms with van der Waals surface area (Å²) in [6.07, 6.45) is 5.08. The van der Waals surface area contributed by atoms with Gasteiger partial charge >= 0.3 is 0 Å². The van der Waals surface area contributed by atoms with Gasteiger partial charge in [-0.15, -0.1) is 0 Å². The van der Waals surface area contributed by atoms with Crippen molar-refractivity contribution in [1.29, 1.82) is 0 Å². The van der Waals surface area contributed by atoms with E-state index in [0.29, 0.717) is 17.4 Å². The minimum absolute atomic E-state index is 0.109. The Morgan fingerprint density at radius 3 is 3.00 bits per heavy atom. The van der Waals surface area contributed by atoms with Crippen LogP contribution in [0.2, 0.25) is 0 Å². The molecule has 2 aliphatic rings. The van der Waals surface area contributed by atoms with Crippen LogP contribution in [-0.4, -0.2) is 29.1 Å². The van der Waals surface area contributed by atoms with Gasteiger partial charge in [-0.05, 0) is 32.3 Å². The van der Waals surface area contributed by atoms with Crippen LogP contribution < -0.4 is 16.6 Å². The minimum Gasteiger partial charge on any atom is -0.373 e. The number of hydrogen-bond acceptors (Lipinski definition) is 5. The van der Waals surface area contributed by atoms with Gasteiger partial charge in [-0.1, -0.05) is 0 Å². The summed E-state index contributed by atoms with van der Waals surface area (Å²) in [5.41, 5.74) is 4.42. The van der Waals surface area contributed by atoms with Gasteiger partial charge in [-0.3, -0.25) is 15.6 Å². The lowest BCUT2D eigenvalue weighted by Gasteiger charge is -2.20. The minimum atomic E-state index is -0.151. The SMILES string of the molecule is Cc1cc(NN)c(C(=O)NC2CC3CCC2O3)cn1. The van der Waals surface area contributed by atoms with Crippen LogP contribution in [0.3, 0.4) is 0 Å². The van der Waals surface area contributed by atoms with Crippen molar-refractivity contribution in [2.45, 2.75) is 44.4 Å². The van der Waals surface area contributed by atoms with Gasteiger partial charge in [0, 0.05) is 11.9 Å². The summed E-state index contributed by atoms with van der Waals surface area (Å²) in [6.45, 7) is 1.85. The monoisotopic (exact) mass is 262 g/mol. The van der Waals surface area contributed by atoms with Gasteiger partial charge in [0.15, 0.2) is 0 Å². The Kier molecular flexibility index (Phi) is 3.12. The van der Waals surface area contributed by atoms with E-state index in [1.54, 1.807) is 12.3 Å². The molecule has 3 atom stereocenters. The van der Waals surface area contributed by atoms with E-state index in [2.05, 4.69) is 15.7 Å². The molecule has 19 heavy (non-hydrogen) atoms. The lowest BCUT2D eigenvalue weighted by Crippen LogP contribution is -2.41. The largest absolute Gasteiger partial charge is 0.373 e. The quantitative estimate of drug-likeness (QED) is 0.552. The Morgan fingerprint density at radius 1 is 1.53 bits per heavy atom. The Labute approximate surface area is 111 Å². The molecule has 0 radical (unpaired) electrons. The fourth-order valence-electron chi connectivity index (χ4n) is 2.90. The van der Waals surface area contributed by atoms with Crippen LogP contribution >= 0.6 is 0 Å². The molecule has 1 aromatic rings. The maximum atomic E-state index is 12.3. The van der Waals surface area contributed by atoms with Crippen molar-refractivity contribution in [1.82, 2.24) is 10.3 Å². The van der Waals surface area contributed by atoms with Crippen LogP contribution in [0.1, 0.15) is 35.3 Å². The number of carbonyl (C=O) groups is 1. The van der Waals surface area contributed by atoms with Gasteiger partial charge in [-0.25, -0.2) is 0 Å². The summed E-state index contributed by atoms with van der Waals surface area (Å²) < 4.78 is 5.73. The number of hydrazine groups is 1. The number of nitrogens with zero attached hydrogens (tertiary/aromatic N) is 1. The van der Waals surface area contributed by atoms with E-state index in [1.165, 1.54) is 0 Å². The highest BCUT2D eigenvalue weighted by molar-refractivity contribution is 5.99. The van der Waals surface area contributed by atoms with Crippen LogP contribution in [0.4, 0.5) is 5.69 Å². The van der Waals surface area contributed by atoms with Crippen LogP contribution in [0.15, 0.2) is 12.3 Å². The first-order chi connectivity index (χ1) is 9.17. The van der Waals surface area contributed by atoms with Crippen LogP contribution in [0.5, 0.6) is 0 Å². The van der Waals surface area contributed by atoms with Gasteiger partial charge < -0.3 is 15.5 Å². The normalized spacial score (nSPS) is 28.4. The smallest absolute Gasteiger partial charge is 0.255 e. The third-order valence-corrected chi connectivity index (χ3v) is 3.86. The van der Waals surface area contributed by atoms with E-state index in [4.69, 9.17) is 10.6 Å². The van der Waals surface area contributed by atoms with Gasteiger partial charge in [-0.2, -0.15) is 0 Å². The Balaban J connectivity index is 1.73. The number of nitrogens with one attached hydrogen (secondary N) is 2. The number of fused-ring (bicyclic) bond motifs is 2. The first kappa shape index (κ1) is 12.4. The standard InChI is InChI=1S/C13H18N4O2/c1-7-4-10(17-14)9(6-15-7)13(18)16-11-5-8-2-3-12(11)19-8/h4,6,8,11-12H,2-3,5,14H2,1H3,(H,15,17)(H,16,18). The van der Waals surface area contributed by atoms with E-state index >= 15 is 0 Å². The number of nitrogen functional groups attached to an aromatic ring is 1. The molecular weight excluding hydrogens is 244 g/mol. The Hall–Kier alpha value is -1.66. The lowest BCUT2D eigenvalue weighted by atomic mass is 9.95. The van der Waals surface area contributed by atoms with E-state index < -0.39 is 0 Å². The predicted octanol–water partition coefficient (Wildman–Crippen LogP) is 0.725. The summed E-state index contributed by atoms with van der Waals surface area (Å²) in [4.78, 5) is 16.4. The summed E-state index contributed by atoms with van der Waals surface area (Å²) in [5.74, 6) is 5.29. The topological polar surface area (TPSA) is 89.3 Å². The lowest BCUT2D eigenvalue weighted by molar-refractivity contribution is 0.0841. The number of rotatable bonds is 3. The van der Waals surface area contributed by atoms with Crippen molar-refractivity contribution < 1.29 is 9.53 Å². The van der Waals surface area contributed by atoms with Crippen molar-refractivity contribution in [2.75, 3.05) is 5.43 Å².